The Kier molecular flexibility index (Phi) is 6.20. The molecule has 0 radical (unpaired) electrons. The van der Waals surface area contributed by atoms with Gasteiger partial charge in [-0.3, -0.25) is 0 Å². The van der Waals surface area contributed by atoms with E-state index in [9.17, 15) is 0 Å². The number of aromatic nitrogens is 2. The zero-order chi connectivity index (χ0) is 17.6. The summed E-state index contributed by atoms with van der Waals surface area (Å²) in [5.74, 6) is 2.81. The number of hydrogen-bond acceptors (Lipinski definition) is 7. The number of benzene rings is 1. The normalized spacial score (nSPS) is 18.3. The van der Waals surface area contributed by atoms with E-state index in [-0.39, 0.29) is 0 Å². The molecular weight excluding hydrogens is 338 g/mol. The van der Waals surface area contributed by atoms with Gasteiger partial charge in [0, 0.05) is 17.4 Å². The lowest BCUT2D eigenvalue weighted by molar-refractivity contribution is 0.182. The molecule has 2 aromatic rings. The number of hydrogen-bond donors (Lipinski definition) is 0. The van der Waals surface area contributed by atoms with E-state index in [2.05, 4.69) is 22.1 Å². The summed E-state index contributed by atoms with van der Waals surface area (Å²) >= 11 is 1.63. The minimum absolute atomic E-state index is 0.498. The molecule has 2 heterocycles. The Morgan fingerprint density at radius 1 is 1.20 bits per heavy atom. The van der Waals surface area contributed by atoms with Crippen molar-refractivity contribution in [3.8, 4) is 23.0 Å². The fraction of sp³-hybridized carbons (Fsp3) is 0.556. The van der Waals surface area contributed by atoms with Crippen molar-refractivity contribution in [3.05, 3.63) is 18.2 Å². The Balaban J connectivity index is 1.58. The lowest BCUT2D eigenvalue weighted by atomic mass is 10.0. The van der Waals surface area contributed by atoms with Crippen molar-refractivity contribution in [1.82, 2.24) is 15.1 Å². The SMILES string of the molecule is COc1ccc(-c2nnc(SCCC3CCCCN3C)o2)cc1OC. The van der Waals surface area contributed by atoms with Crippen LogP contribution in [-0.2, 0) is 0 Å². The van der Waals surface area contributed by atoms with Crippen LogP contribution in [0.5, 0.6) is 11.5 Å². The van der Waals surface area contributed by atoms with Crippen LogP contribution in [0.4, 0.5) is 0 Å². The van der Waals surface area contributed by atoms with Crippen molar-refractivity contribution in [1.29, 1.82) is 0 Å². The third-order valence-electron chi connectivity index (χ3n) is 4.64. The van der Waals surface area contributed by atoms with Crippen LogP contribution >= 0.6 is 11.8 Å². The van der Waals surface area contributed by atoms with Crippen LogP contribution in [0.25, 0.3) is 11.5 Å². The fourth-order valence-electron chi connectivity index (χ4n) is 3.15. The Labute approximate surface area is 152 Å². The molecule has 1 aliphatic rings. The molecule has 1 aromatic carbocycles. The topological polar surface area (TPSA) is 60.6 Å². The number of ether oxygens (including phenoxy) is 2. The molecule has 1 aromatic heterocycles. The van der Waals surface area contributed by atoms with Crippen molar-refractivity contribution in [3.63, 3.8) is 0 Å². The van der Waals surface area contributed by atoms with Gasteiger partial charge in [0.15, 0.2) is 11.5 Å². The molecule has 3 rings (SSSR count). The minimum Gasteiger partial charge on any atom is -0.493 e. The average molecular weight is 363 g/mol. The second-order valence-electron chi connectivity index (χ2n) is 6.21. The molecule has 1 atom stereocenters. The van der Waals surface area contributed by atoms with Crippen LogP contribution in [0.2, 0.25) is 0 Å². The summed E-state index contributed by atoms with van der Waals surface area (Å²) < 4.78 is 16.4. The van der Waals surface area contributed by atoms with Gasteiger partial charge in [0.05, 0.1) is 14.2 Å². The van der Waals surface area contributed by atoms with Gasteiger partial charge >= 0.3 is 0 Å². The first-order valence-electron chi connectivity index (χ1n) is 8.60. The van der Waals surface area contributed by atoms with Crippen LogP contribution in [0, 0.1) is 0 Å². The number of rotatable bonds is 7. The van der Waals surface area contributed by atoms with Crippen molar-refractivity contribution in [2.45, 2.75) is 36.9 Å². The number of methoxy groups -OCH3 is 2. The summed E-state index contributed by atoms with van der Waals surface area (Å²) in [4.78, 5) is 2.47. The van der Waals surface area contributed by atoms with Crippen molar-refractivity contribution in [2.24, 2.45) is 0 Å². The van der Waals surface area contributed by atoms with Crippen LogP contribution in [0.1, 0.15) is 25.7 Å². The lowest BCUT2D eigenvalue weighted by Gasteiger charge is -2.32. The van der Waals surface area contributed by atoms with Gasteiger partial charge in [-0.1, -0.05) is 18.2 Å². The third kappa shape index (κ3) is 4.46. The maximum absolute atomic E-state index is 5.79. The summed E-state index contributed by atoms with van der Waals surface area (Å²) in [5, 5.41) is 8.92. The maximum atomic E-state index is 5.79. The lowest BCUT2D eigenvalue weighted by Crippen LogP contribution is -2.36. The third-order valence-corrected chi connectivity index (χ3v) is 5.49. The zero-order valence-corrected chi connectivity index (χ0v) is 15.8. The van der Waals surface area contributed by atoms with Gasteiger partial charge in [-0.25, -0.2) is 0 Å². The second kappa shape index (κ2) is 8.58. The summed E-state index contributed by atoms with van der Waals surface area (Å²) in [6.07, 6.45) is 5.09. The van der Waals surface area contributed by atoms with Crippen molar-refractivity contribution < 1.29 is 13.9 Å². The largest absolute Gasteiger partial charge is 0.493 e. The van der Waals surface area contributed by atoms with E-state index in [1.807, 2.05) is 18.2 Å². The van der Waals surface area contributed by atoms with E-state index < -0.39 is 0 Å². The first-order valence-corrected chi connectivity index (χ1v) is 9.58. The van der Waals surface area contributed by atoms with Crippen molar-refractivity contribution in [2.75, 3.05) is 33.6 Å². The number of nitrogens with zero attached hydrogens (tertiary/aromatic N) is 3. The molecule has 0 N–H and O–H groups in total. The van der Waals surface area contributed by atoms with E-state index in [1.54, 1.807) is 26.0 Å². The quantitative estimate of drug-likeness (QED) is 0.695. The molecule has 6 nitrogen and oxygen atoms in total. The Hall–Kier alpha value is -1.73. The predicted molar refractivity (Wildman–Crippen MR) is 98.4 cm³/mol. The van der Waals surface area contributed by atoms with E-state index in [1.165, 1.54) is 25.8 Å². The van der Waals surface area contributed by atoms with Crippen LogP contribution in [0.3, 0.4) is 0 Å². The highest BCUT2D eigenvalue weighted by atomic mass is 32.2. The van der Waals surface area contributed by atoms with Crippen molar-refractivity contribution >= 4 is 11.8 Å². The Bertz CT molecular complexity index is 692. The molecule has 0 aliphatic carbocycles. The summed E-state index contributed by atoms with van der Waals surface area (Å²) in [6.45, 7) is 1.21. The maximum Gasteiger partial charge on any atom is 0.276 e. The highest BCUT2D eigenvalue weighted by molar-refractivity contribution is 7.99. The zero-order valence-electron chi connectivity index (χ0n) is 15.0. The van der Waals surface area contributed by atoms with Crippen LogP contribution in [-0.4, -0.2) is 54.7 Å². The standard InChI is InChI=1S/C18H25N3O3S/c1-21-10-5-4-6-14(21)9-11-25-18-20-19-17(24-18)13-7-8-15(22-2)16(12-13)23-3/h7-8,12,14H,4-6,9-11H2,1-3H3. The molecule has 1 unspecified atom stereocenters. The van der Waals surface area contributed by atoms with Gasteiger partial charge in [0.1, 0.15) is 0 Å². The van der Waals surface area contributed by atoms with E-state index in [0.717, 1.165) is 17.7 Å². The molecule has 0 amide bonds. The molecule has 0 spiro atoms. The summed E-state index contributed by atoms with van der Waals surface area (Å²) in [6, 6.07) is 6.25. The monoisotopic (exact) mass is 363 g/mol. The molecule has 1 aliphatic heterocycles. The van der Waals surface area contributed by atoms with E-state index in [4.69, 9.17) is 13.9 Å². The minimum atomic E-state index is 0.498. The van der Waals surface area contributed by atoms with Gasteiger partial charge in [-0.05, 0) is 51.1 Å². The van der Waals surface area contributed by atoms with Gasteiger partial charge in [0.2, 0.25) is 5.89 Å². The molecule has 0 saturated carbocycles. The highest BCUT2D eigenvalue weighted by Gasteiger charge is 2.19. The predicted octanol–water partition coefficient (Wildman–Crippen LogP) is 3.72. The highest BCUT2D eigenvalue weighted by Crippen LogP contribution is 2.33. The van der Waals surface area contributed by atoms with E-state index >= 15 is 0 Å². The molecule has 1 saturated heterocycles. The second-order valence-corrected chi connectivity index (χ2v) is 7.26. The average Bonchev–Trinajstić information content (AvgIpc) is 3.11. The van der Waals surface area contributed by atoms with E-state index in [0.29, 0.717) is 28.7 Å². The fourth-order valence-corrected chi connectivity index (χ4v) is 3.95. The molecule has 1 fully saturated rings. The van der Waals surface area contributed by atoms with Crippen LogP contribution in [0.15, 0.2) is 27.8 Å². The Morgan fingerprint density at radius 3 is 2.80 bits per heavy atom. The molecule has 0 bridgehead atoms. The first-order chi connectivity index (χ1) is 12.2. The van der Waals surface area contributed by atoms with Gasteiger partial charge in [-0.15, -0.1) is 10.2 Å². The summed E-state index contributed by atoms with van der Waals surface area (Å²) in [7, 11) is 5.44. The summed E-state index contributed by atoms with van der Waals surface area (Å²) in [5.41, 5.74) is 0.823. The smallest absolute Gasteiger partial charge is 0.276 e. The molecule has 25 heavy (non-hydrogen) atoms. The number of likely N-dealkylation sites (tertiary alicyclic amines) is 1. The van der Waals surface area contributed by atoms with Gasteiger partial charge < -0.3 is 18.8 Å². The first kappa shape index (κ1) is 18.1. The molecule has 7 heteroatoms. The molecule has 136 valence electrons. The number of piperidine rings is 1. The van der Waals surface area contributed by atoms with Crippen LogP contribution < -0.4 is 9.47 Å². The molecular formula is C18H25N3O3S. The Morgan fingerprint density at radius 2 is 2.04 bits per heavy atom. The van der Waals surface area contributed by atoms with Gasteiger partial charge in [0.25, 0.3) is 5.22 Å². The number of thioether (sulfide) groups is 1. The van der Waals surface area contributed by atoms with Gasteiger partial charge in [-0.2, -0.15) is 0 Å².